The van der Waals surface area contributed by atoms with Gasteiger partial charge in [-0.25, -0.2) is 0 Å². The highest BCUT2D eigenvalue weighted by atomic mass is 31.2. The van der Waals surface area contributed by atoms with Gasteiger partial charge in [0, 0.05) is 34.2 Å². The fraction of sp³-hybridized carbons (Fsp3) is 0.407. The van der Waals surface area contributed by atoms with E-state index in [9.17, 15) is 4.57 Å². The minimum Gasteiger partial charge on any atom is -0.361 e. The number of rotatable bonds is 5. The Morgan fingerprint density at radius 3 is 1.48 bits per heavy atom. The number of aromatic amines is 2. The molecule has 2 aromatic carbocycles. The van der Waals surface area contributed by atoms with Crippen LogP contribution < -0.4 is 0 Å². The summed E-state index contributed by atoms with van der Waals surface area (Å²) in [5, 5.41) is 2.05. The SMILES string of the molecule is Cc1ccc2[nH]cc(C(c3c[nH]c4ccc(C)cc34)P(=O)(OC(C)(C)C)OC(C)(C)C)c2c1. The summed E-state index contributed by atoms with van der Waals surface area (Å²) in [6.07, 6.45) is 3.90. The van der Waals surface area contributed by atoms with E-state index in [-0.39, 0.29) is 0 Å². The molecular formula is C27H35N2O3P. The van der Waals surface area contributed by atoms with Crippen LogP contribution in [-0.4, -0.2) is 21.2 Å². The van der Waals surface area contributed by atoms with Crippen molar-refractivity contribution >= 4 is 29.4 Å². The number of aromatic nitrogens is 2. The molecule has 0 unspecified atom stereocenters. The van der Waals surface area contributed by atoms with Crippen molar-refractivity contribution in [3.05, 3.63) is 71.0 Å². The van der Waals surface area contributed by atoms with Gasteiger partial charge in [0.05, 0.1) is 11.2 Å². The maximum absolute atomic E-state index is 14.9. The molecule has 0 saturated heterocycles. The average molecular weight is 467 g/mol. The number of hydrogen-bond acceptors (Lipinski definition) is 3. The van der Waals surface area contributed by atoms with Crippen LogP contribution in [0.5, 0.6) is 0 Å². The van der Waals surface area contributed by atoms with E-state index in [0.29, 0.717) is 0 Å². The van der Waals surface area contributed by atoms with Gasteiger partial charge in [-0.3, -0.25) is 4.57 Å². The fourth-order valence-electron chi connectivity index (χ4n) is 4.36. The first-order chi connectivity index (χ1) is 15.3. The zero-order valence-corrected chi connectivity index (χ0v) is 21.8. The molecule has 0 aliphatic heterocycles. The Kier molecular flexibility index (Phi) is 5.89. The molecule has 33 heavy (non-hydrogen) atoms. The van der Waals surface area contributed by atoms with Crippen LogP contribution in [0.25, 0.3) is 21.8 Å². The van der Waals surface area contributed by atoms with Crippen molar-refractivity contribution in [1.82, 2.24) is 9.97 Å². The molecule has 0 saturated carbocycles. The summed E-state index contributed by atoms with van der Waals surface area (Å²) >= 11 is 0. The van der Waals surface area contributed by atoms with Crippen molar-refractivity contribution in [3.8, 4) is 0 Å². The first-order valence-corrected chi connectivity index (χ1v) is 13.0. The molecule has 0 aliphatic carbocycles. The second-order valence-electron chi connectivity index (χ2n) is 10.9. The van der Waals surface area contributed by atoms with Crippen LogP contribution >= 0.6 is 7.60 Å². The summed E-state index contributed by atoms with van der Waals surface area (Å²) in [4.78, 5) is 6.75. The smallest absolute Gasteiger partial charge is 0.343 e. The lowest BCUT2D eigenvalue weighted by Gasteiger charge is -2.36. The highest BCUT2D eigenvalue weighted by molar-refractivity contribution is 7.54. The van der Waals surface area contributed by atoms with Crippen molar-refractivity contribution in [2.45, 2.75) is 72.3 Å². The van der Waals surface area contributed by atoms with E-state index in [1.807, 2.05) is 53.9 Å². The molecule has 2 N–H and O–H groups in total. The monoisotopic (exact) mass is 466 g/mol. The third-order valence-electron chi connectivity index (χ3n) is 5.45. The van der Waals surface area contributed by atoms with Gasteiger partial charge in [-0.1, -0.05) is 23.3 Å². The number of fused-ring (bicyclic) bond motifs is 2. The van der Waals surface area contributed by atoms with Gasteiger partial charge >= 0.3 is 7.60 Å². The van der Waals surface area contributed by atoms with Crippen molar-refractivity contribution < 1.29 is 13.6 Å². The second kappa shape index (κ2) is 8.16. The van der Waals surface area contributed by atoms with Gasteiger partial charge < -0.3 is 19.0 Å². The molecule has 0 aliphatic rings. The van der Waals surface area contributed by atoms with Gasteiger partial charge in [0.25, 0.3) is 0 Å². The van der Waals surface area contributed by atoms with E-state index in [1.165, 1.54) is 0 Å². The fourth-order valence-corrected chi connectivity index (χ4v) is 7.24. The van der Waals surface area contributed by atoms with Crippen LogP contribution in [0.4, 0.5) is 0 Å². The largest absolute Gasteiger partial charge is 0.361 e. The van der Waals surface area contributed by atoms with E-state index in [1.54, 1.807) is 0 Å². The Labute approximate surface area is 196 Å². The summed E-state index contributed by atoms with van der Waals surface area (Å²) in [6, 6.07) is 12.5. The molecule has 6 heteroatoms. The first-order valence-electron chi connectivity index (χ1n) is 11.4. The zero-order valence-electron chi connectivity index (χ0n) is 20.9. The maximum atomic E-state index is 14.9. The molecule has 2 aromatic heterocycles. The van der Waals surface area contributed by atoms with E-state index >= 15 is 0 Å². The number of benzene rings is 2. The maximum Gasteiger partial charge on any atom is 0.343 e. The molecule has 0 bridgehead atoms. The van der Waals surface area contributed by atoms with Crippen LogP contribution in [0.3, 0.4) is 0 Å². The Balaban J connectivity index is 2.05. The number of aryl methyl sites for hydroxylation is 2. The molecule has 4 aromatic rings. The predicted molar refractivity (Wildman–Crippen MR) is 137 cm³/mol. The Morgan fingerprint density at radius 1 is 0.727 bits per heavy atom. The van der Waals surface area contributed by atoms with Crippen molar-refractivity contribution in [2.24, 2.45) is 0 Å². The van der Waals surface area contributed by atoms with Gasteiger partial charge in [-0.2, -0.15) is 0 Å². The lowest BCUT2D eigenvalue weighted by atomic mass is 10.0. The lowest BCUT2D eigenvalue weighted by Crippen LogP contribution is -2.26. The quantitative estimate of drug-likeness (QED) is 0.291. The van der Waals surface area contributed by atoms with Crippen LogP contribution in [-0.2, 0) is 13.6 Å². The molecule has 2 heterocycles. The molecule has 0 radical (unpaired) electrons. The van der Waals surface area contributed by atoms with Gasteiger partial charge in [-0.15, -0.1) is 0 Å². The van der Waals surface area contributed by atoms with E-state index in [2.05, 4.69) is 60.2 Å². The van der Waals surface area contributed by atoms with E-state index in [0.717, 1.165) is 44.1 Å². The topological polar surface area (TPSA) is 67.1 Å². The van der Waals surface area contributed by atoms with Gasteiger partial charge in [0.1, 0.15) is 5.66 Å². The highest BCUT2D eigenvalue weighted by Crippen LogP contribution is 2.68. The molecule has 0 amide bonds. The summed E-state index contributed by atoms with van der Waals surface area (Å²) in [5.41, 5.74) is 4.15. The normalized spacial score (nSPS) is 13.5. The van der Waals surface area contributed by atoms with Crippen molar-refractivity contribution in [3.63, 3.8) is 0 Å². The van der Waals surface area contributed by atoms with Gasteiger partial charge in [0.15, 0.2) is 0 Å². The summed E-state index contributed by atoms with van der Waals surface area (Å²) in [6.45, 7) is 15.6. The second-order valence-corrected chi connectivity index (χ2v) is 12.9. The van der Waals surface area contributed by atoms with Crippen LogP contribution in [0.1, 0.15) is 69.5 Å². The predicted octanol–water partition coefficient (Wildman–Crippen LogP) is 8.18. The van der Waals surface area contributed by atoms with Gasteiger partial charge in [0.2, 0.25) is 0 Å². The molecule has 0 spiro atoms. The molecule has 176 valence electrons. The highest BCUT2D eigenvalue weighted by Gasteiger charge is 2.46. The van der Waals surface area contributed by atoms with Crippen molar-refractivity contribution in [2.75, 3.05) is 0 Å². The first kappa shape index (κ1) is 23.8. The minimum absolute atomic E-state index is 0.609. The minimum atomic E-state index is -3.73. The van der Waals surface area contributed by atoms with E-state index in [4.69, 9.17) is 9.05 Å². The molecule has 4 rings (SSSR count). The van der Waals surface area contributed by atoms with Crippen LogP contribution in [0.2, 0.25) is 0 Å². The van der Waals surface area contributed by atoms with Crippen molar-refractivity contribution in [1.29, 1.82) is 0 Å². The van der Waals surface area contributed by atoms with E-state index < -0.39 is 24.5 Å². The number of nitrogens with one attached hydrogen (secondary N) is 2. The van der Waals surface area contributed by atoms with Crippen LogP contribution in [0.15, 0.2) is 48.8 Å². The molecular weight excluding hydrogens is 431 g/mol. The molecule has 0 atom stereocenters. The van der Waals surface area contributed by atoms with Crippen LogP contribution in [0, 0.1) is 13.8 Å². The number of hydrogen-bond donors (Lipinski definition) is 2. The third-order valence-corrected chi connectivity index (χ3v) is 8.24. The molecule has 5 nitrogen and oxygen atoms in total. The van der Waals surface area contributed by atoms with Gasteiger partial charge in [-0.05, 0) is 90.8 Å². The summed E-state index contributed by atoms with van der Waals surface area (Å²) < 4.78 is 27.7. The lowest BCUT2D eigenvalue weighted by molar-refractivity contribution is 0.0465. The molecule has 0 fully saturated rings. The average Bonchev–Trinajstić information content (AvgIpc) is 3.23. The summed E-state index contributed by atoms with van der Waals surface area (Å²) in [7, 11) is -3.73. The summed E-state index contributed by atoms with van der Waals surface area (Å²) in [5.74, 6) is 0. The third kappa shape index (κ3) is 4.96. The Morgan fingerprint density at radius 2 is 1.12 bits per heavy atom. The Hall–Kier alpha value is -2.33. The number of H-pyrrole nitrogens is 2. The Bertz CT molecular complexity index is 1250. The standard InChI is InChI=1S/C27H35N2O3P/c1-17-9-11-23-19(13-17)21(15-28-23)25(22-16-29-24-12-10-18(2)14-20(22)24)33(30,31-26(3,4)5)32-27(6,7)8/h9-16,25,28-29H,1-8H3. The zero-order chi connectivity index (χ0) is 24.2.